The Balaban J connectivity index is 1.62. The van der Waals surface area contributed by atoms with E-state index in [1.807, 2.05) is 49.1 Å². The lowest BCUT2D eigenvalue weighted by molar-refractivity contribution is -0.131. The van der Waals surface area contributed by atoms with Gasteiger partial charge in [-0.15, -0.1) is 4.72 Å². The van der Waals surface area contributed by atoms with E-state index in [0.717, 1.165) is 79.5 Å². The number of rotatable bonds is 13. The molecule has 0 bridgehead atoms. The maximum Gasteiger partial charge on any atom is 0.356 e. The summed E-state index contributed by atoms with van der Waals surface area (Å²) in [5, 5.41) is 2.71. The first kappa shape index (κ1) is 30.1. The zero-order chi connectivity index (χ0) is 28.5. The third kappa shape index (κ3) is 6.87. The van der Waals surface area contributed by atoms with Crippen molar-refractivity contribution in [3.8, 4) is 11.1 Å². The Bertz CT molecular complexity index is 1210. The van der Waals surface area contributed by atoms with Gasteiger partial charge in [-0.1, -0.05) is 63.4 Å². The standard InChI is InChI=1S/C31H42N4O4S/c1-4-7-14-28-33-31(17-10-11-18-31)29(36)35(28)21-23-15-16-25(24(20-23)22-39-6-3)26-12-8-9-13-27(26)40(38)34-30(37)32-19-5-2/h8-9,12-13,15-16,20H,4-7,10-11,14,17-19,21-22H2,1-3H3,(H2,32,34,37). The zero-order valence-corrected chi connectivity index (χ0v) is 24.8. The van der Waals surface area contributed by atoms with Crippen LogP contribution in [-0.2, 0) is 34.0 Å². The average Bonchev–Trinajstić information content (AvgIpc) is 3.54. The van der Waals surface area contributed by atoms with Gasteiger partial charge in [0.25, 0.3) is 5.91 Å². The van der Waals surface area contributed by atoms with Gasteiger partial charge in [-0.2, -0.15) is 0 Å². The summed E-state index contributed by atoms with van der Waals surface area (Å²) >= 11 is -1.74. The van der Waals surface area contributed by atoms with Gasteiger partial charge in [-0.25, -0.2) is 4.79 Å². The van der Waals surface area contributed by atoms with Crippen molar-refractivity contribution in [2.24, 2.45) is 4.99 Å². The SMILES string of the molecule is CCCCC1=NC2(CCCC2)C(=O)N1Cc1ccc(-c2ccccc2[S+]([O-])NC(=O)NCCC)c(COCC)c1. The van der Waals surface area contributed by atoms with Gasteiger partial charge >= 0.3 is 6.03 Å². The van der Waals surface area contributed by atoms with E-state index in [9.17, 15) is 14.1 Å². The van der Waals surface area contributed by atoms with Crippen LogP contribution in [0.3, 0.4) is 0 Å². The highest BCUT2D eigenvalue weighted by Gasteiger charge is 2.49. The van der Waals surface area contributed by atoms with E-state index in [0.29, 0.717) is 31.2 Å². The summed E-state index contributed by atoms with van der Waals surface area (Å²) in [5.74, 6) is 1.05. The number of hydrogen-bond acceptors (Lipinski definition) is 5. The summed E-state index contributed by atoms with van der Waals surface area (Å²) in [6.45, 7) is 7.97. The van der Waals surface area contributed by atoms with Crippen molar-refractivity contribution >= 4 is 29.1 Å². The second-order valence-corrected chi connectivity index (χ2v) is 11.7. The van der Waals surface area contributed by atoms with E-state index in [4.69, 9.17) is 9.73 Å². The molecule has 1 unspecified atom stereocenters. The lowest BCUT2D eigenvalue weighted by atomic mass is 9.96. The molecule has 4 rings (SSSR count). The summed E-state index contributed by atoms with van der Waals surface area (Å²) < 4.78 is 21.5. The number of hydrogen-bond donors (Lipinski definition) is 2. The van der Waals surface area contributed by atoms with Crippen molar-refractivity contribution in [1.82, 2.24) is 14.9 Å². The highest BCUT2D eigenvalue weighted by molar-refractivity contribution is 7.90. The fourth-order valence-corrected chi connectivity index (χ4v) is 6.42. The van der Waals surface area contributed by atoms with Crippen molar-refractivity contribution < 1.29 is 18.9 Å². The number of aliphatic imine (C=N–C) groups is 1. The zero-order valence-electron chi connectivity index (χ0n) is 24.0. The van der Waals surface area contributed by atoms with E-state index < -0.39 is 22.9 Å². The summed E-state index contributed by atoms with van der Waals surface area (Å²) in [5.41, 5.74) is 3.04. The molecular formula is C31H42N4O4S. The first-order chi connectivity index (χ1) is 19.4. The molecule has 2 N–H and O–H groups in total. The molecule has 0 radical (unpaired) electrons. The molecule has 9 heteroatoms. The smallest absolute Gasteiger partial charge is 0.356 e. The van der Waals surface area contributed by atoms with Crippen LogP contribution in [0.15, 0.2) is 52.4 Å². The van der Waals surface area contributed by atoms with Crippen LogP contribution in [-0.4, -0.2) is 45.9 Å². The Morgan fingerprint density at radius 2 is 1.88 bits per heavy atom. The molecule has 1 aliphatic carbocycles. The molecule has 1 heterocycles. The highest BCUT2D eigenvalue weighted by atomic mass is 32.2. The minimum absolute atomic E-state index is 0.139. The largest absolute Gasteiger partial charge is 0.588 e. The first-order valence-electron chi connectivity index (χ1n) is 14.6. The quantitative estimate of drug-likeness (QED) is 0.296. The number of carbonyl (C=O) groups is 2. The Labute approximate surface area is 241 Å². The van der Waals surface area contributed by atoms with Gasteiger partial charge in [-0.3, -0.25) is 14.7 Å². The third-order valence-corrected chi connectivity index (χ3v) is 8.68. The van der Waals surface area contributed by atoms with E-state index in [1.165, 1.54) is 0 Å². The van der Waals surface area contributed by atoms with Crippen molar-refractivity contribution in [2.75, 3.05) is 13.2 Å². The molecule has 2 aromatic carbocycles. The number of amidine groups is 1. The van der Waals surface area contributed by atoms with Gasteiger partial charge in [0, 0.05) is 25.1 Å². The predicted octanol–water partition coefficient (Wildman–Crippen LogP) is 5.87. The van der Waals surface area contributed by atoms with Crippen LogP contribution < -0.4 is 10.0 Å². The number of urea groups is 1. The number of nitrogens with one attached hydrogen (secondary N) is 2. The van der Waals surface area contributed by atoms with Crippen molar-refractivity contribution in [1.29, 1.82) is 0 Å². The van der Waals surface area contributed by atoms with Gasteiger partial charge in [0.2, 0.25) is 0 Å². The monoisotopic (exact) mass is 566 g/mol. The van der Waals surface area contributed by atoms with Gasteiger partial charge in [0.15, 0.2) is 4.90 Å². The van der Waals surface area contributed by atoms with E-state index in [1.54, 1.807) is 6.07 Å². The molecule has 1 spiro atoms. The second kappa shape index (κ2) is 14.1. The molecule has 1 atom stereocenters. The number of amides is 3. The minimum atomic E-state index is -1.74. The Morgan fingerprint density at radius 3 is 2.60 bits per heavy atom. The molecule has 3 amide bonds. The predicted molar refractivity (Wildman–Crippen MR) is 159 cm³/mol. The third-order valence-electron chi connectivity index (χ3n) is 7.55. The lowest BCUT2D eigenvalue weighted by Crippen LogP contribution is -2.40. The molecule has 8 nitrogen and oxygen atoms in total. The topological polar surface area (TPSA) is 106 Å². The minimum Gasteiger partial charge on any atom is -0.588 e. The Kier molecular flexibility index (Phi) is 10.6. The average molecular weight is 567 g/mol. The molecule has 1 aliphatic heterocycles. The summed E-state index contributed by atoms with van der Waals surface area (Å²) in [4.78, 5) is 33.3. The number of nitrogens with zero attached hydrogens (tertiary/aromatic N) is 2. The first-order valence-corrected chi connectivity index (χ1v) is 15.7. The van der Waals surface area contributed by atoms with Gasteiger partial charge < -0.3 is 14.6 Å². The van der Waals surface area contributed by atoms with Crippen LogP contribution in [0.4, 0.5) is 4.79 Å². The molecule has 40 heavy (non-hydrogen) atoms. The molecule has 1 fully saturated rings. The molecule has 0 saturated heterocycles. The van der Waals surface area contributed by atoms with Crippen LogP contribution in [0.25, 0.3) is 11.1 Å². The van der Waals surface area contributed by atoms with Gasteiger partial charge in [0.1, 0.15) is 22.7 Å². The molecular weight excluding hydrogens is 524 g/mol. The maximum absolute atomic E-state index is 13.6. The summed E-state index contributed by atoms with van der Waals surface area (Å²) in [6, 6.07) is 13.0. The molecule has 216 valence electrons. The van der Waals surface area contributed by atoms with Crippen molar-refractivity contribution in [2.45, 2.75) is 95.7 Å². The fraction of sp³-hybridized carbons (Fsp3) is 0.516. The second-order valence-electron chi connectivity index (χ2n) is 10.5. The van der Waals surface area contributed by atoms with E-state index in [2.05, 4.69) is 23.0 Å². The molecule has 1 saturated carbocycles. The maximum atomic E-state index is 13.6. The van der Waals surface area contributed by atoms with Crippen LogP contribution >= 0.6 is 0 Å². The van der Waals surface area contributed by atoms with Gasteiger partial charge in [0.05, 0.1) is 13.2 Å². The van der Waals surface area contributed by atoms with Crippen molar-refractivity contribution in [3.63, 3.8) is 0 Å². The van der Waals surface area contributed by atoms with Crippen LogP contribution in [0.2, 0.25) is 0 Å². The van der Waals surface area contributed by atoms with E-state index >= 15 is 0 Å². The molecule has 2 aliphatic rings. The Hall–Kier alpha value is -2.88. The van der Waals surface area contributed by atoms with Crippen LogP contribution in [0.1, 0.15) is 83.3 Å². The lowest BCUT2D eigenvalue weighted by Gasteiger charge is -2.23. The van der Waals surface area contributed by atoms with Gasteiger partial charge in [-0.05, 0) is 61.4 Å². The Morgan fingerprint density at radius 1 is 1.10 bits per heavy atom. The van der Waals surface area contributed by atoms with E-state index in [-0.39, 0.29) is 5.91 Å². The number of carbonyl (C=O) groups excluding carboxylic acids is 2. The number of benzene rings is 2. The van der Waals surface area contributed by atoms with Crippen LogP contribution in [0, 0.1) is 0 Å². The molecule has 2 aromatic rings. The summed E-state index contributed by atoms with van der Waals surface area (Å²) in [7, 11) is 0. The fourth-order valence-electron chi connectivity index (χ4n) is 5.48. The summed E-state index contributed by atoms with van der Waals surface area (Å²) in [6.07, 6.45) is 7.44. The number of unbranched alkanes of at least 4 members (excludes halogenated alkanes) is 1. The highest BCUT2D eigenvalue weighted by Crippen LogP contribution is 2.40. The van der Waals surface area contributed by atoms with Crippen LogP contribution in [0.5, 0.6) is 0 Å². The molecule has 0 aromatic heterocycles. The number of ether oxygens (including phenoxy) is 1. The normalized spacial score (nSPS) is 16.9. The van der Waals surface area contributed by atoms with Crippen molar-refractivity contribution in [3.05, 3.63) is 53.6 Å².